The highest BCUT2D eigenvalue weighted by Gasteiger charge is 2.14. The molecule has 1 unspecified atom stereocenters. The number of ether oxygens (including phenoxy) is 2. The summed E-state index contributed by atoms with van der Waals surface area (Å²) < 4.78 is 11.2. The lowest BCUT2D eigenvalue weighted by atomic mass is 9.90. The van der Waals surface area contributed by atoms with Crippen molar-refractivity contribution in [2.45, 2.75) is 46.0 Å². The highest BCUT2D eigenvalue weighted by molar-refractivity contribution is 5.89. The Kier molecular flexibility index (Phi) is 7.59. The Hall–Kier alpha value is -1.77. The zero-order valence-electron chi connectivity index (χ0n) is 13.4. The Morgan fingerprint density at radius 1 is 1.14 bits per heavy atom. The van der Waals surface area contributed by atoms with Crippen LogP contribution in [0, 0.1) is 0 Å². The van der Waals surface area contributed by atoms with Crippen LogP contribution in [0.25, 0.3) is 0 Å². The molecule has 1 rings (SSSR count). The Morgan fingerprint density at radius 3 is 2.14 bits per heavy atom. The van der Waals surface area contributed by atoms with E-state index in [1.54, 1.807) is 0 Å². The van der Waals surface area contributed by atoms with E-state index in [0.29, 0.717) is 25.6 Å². The Balaban J connectivity index is 2.94. The number of ketones is 1. The van der Waals surface area contributed by atoms with Gasteiger partial charge in [-0.05, 0) is 56.4 Å². The number of hydrogen-bond donors (Lipinski definition) is 0. The number of hydrogen-bond acceptors (Lipinski definition) is 3. The molecule has 0 spiro atoms. The second kappa shape index (κ2) is 9.22. The molecule has 3 nitrogen and oxygen atoms in total. The van der Waals surface area contributed by atoms with Gasteiger partial charge in [-0.1, -0.05) is 13.5 Å². The van der Waals surface area contributed by atoms with Crippen molar-refractivity contribution in [2.24, 2.45) is 0 Å². The van der Waals surface area contributed by atoms with Gasteiger partial charge < -0.3 is 9.47 Å². The van der Waals surface area contributed by atoms with Gasteiger partial charge in [-0.15, -0.1) is 0 Å². The van der Waals surface area contributed by atoms with Crippen LogP contribution in [0.15, 0.2) is 30.9 Å². The van der Waals surface area contributed by atoms with Gasteiger partial charge in [0.05, 0.1) is 13.2 Å². The van der Waals surface area contributed by atoms with E-state index in [4.69, 9.17) is 9.47 Å². The summed E-state index contributed by atoms with van der Waals surface area (Å²) in [5, 5.41) is 0. The number of benzene rings is 1. The van der Waals surface area contributed by atoms with E-state index >= 15 is 0 Å². The SMILES string of the molecule is C=CC(=O)CCC(CC)c1cc(OCC)cc(OCC)c1. The van der Waals surface area contributed by atoms with Crippen LogP contribution in [0.4, 0.5) is 0 Å². The van der Waals surface area contributed by atoms with Crippen LogP contribution in [-0.2, 0) is 4.79 Å². The second-order valence-electron chi connectivity index (χ2n) is 4.92. The van der Waals surface area contributed by atoms with Crippen molar-refractivity contribution in [2.75, 3.05) is 13.2 Å². The van der Waals surface area contributed by atoms with Gasteiger partial charge in [-0.25, -0.2) is 0 Å². The van der Waals surface area contributed by atoms with Crippen LogP contribution >= 0.6 is 0 Å². The largest absolute Gasteiger partial charge is 0.494 e. The summed E-state index contributed by atoms with van der Waals surface area (Å²) in [6.07, 6.45) is 3.73. The summed E-state index contributed by atoms with van der Waals surface area (Å²) in [7, 11) is 0. The quantitative estimate of drug-likeness (QED) is 0.595. The van der Waals surface area contributed by atoms with E-state index in [-0.39, 0.29) is 5.78 Å². The third kappa shape index (κ3) is 5.62. The lowest BCUT2D eigenvalue weighted by Gasteiger charge is -2.17. The molecule has 0 heterocycles. The summed E-state index contributed by atoms with van der Waals surface area (Å²) >= 11 is 0. The fourth-order valence-electron chi connectivity index (χ4n) is 2.35. The highest BCUT2D eigenvalue weighted by Crippen LogP contribution is 2.32. The van der Waals surface area contributed by atoms with Crippen molar-refractivity contribution < 1.29 is 14.3 Å². The van der Waals surface area contributed by atoms with Crippen LogP contribution in [-0.4, -0.2) is 19.0 Å². The van der Waals surface area contributed by atoms with E-state index in [1.807, 2.05) is 19.9 Å². The topological polar surface area (TPSA) is 35.5 Å². The maximum Gasteiger partial charge on any atom is 0.155 e. The predicted molar refractivity (Wildman–Crippen MR) is 86.3 cm³/mol. The van der Waals surface area contributed by atoms with Gasteiger partial charge in [0, 0.05) is 12.5 Å². The first kappa shape index (κ1) is 17.3. The zero-order chi connectivity index (χ0) is 15.7. The first-order valence-corrected chi connectivity index (χ1v) is 7.70. The Bertz CT molecular complexity index is 441. The predicted octanol–water partition coefficient (Wildman–Crippen LogP) is 4.51. The molecule has 0 fully saturated rings. The standard InChI is InChI=1S/C18H26O3/c1-5-14(9-10-16(19)6-2)15-11-17(20-7-3)13-18(12-15)21-8-4/h6,11-14H,2,5,7-10H2,1,3-4H3. The first-order chi connectivity index (χ1) is 10.1. The van der Waals surface area contributed by atoms with Crippen LogP contribution < -0.4 is 9.47 Å². The van der Waals surface area contributed by atoms with Gasteiger partial charge in [0.25, 0.3) is 0 Å². The molecule has 1 atom stereocenters. The molecule has 0 bridgehead atoms. The van der Waals surface area contributed by atoms with Crippen molar-refractivity contribution in [3.63, 3.8) is 0 Å². The van der Waals surface area contributed by atoms with Gasteiger partial charge in [0.15, 0.2) is 5.78 Å². The third-order valence-electron chi connectivity index (χ3n) is 3.46. The number of rotatable bonds is 10. The molecule has 1 aromatic carbocycles. The maximum absolute atomic E-state index is 11.4. The number of carbonyl (C=O) groups is 1. The molecular weight excluding hydrogens is 264 g/mol. The lowest BCUT2D eigenvalue weighted by Crippen LogP contribution is -2.03. The molecule has 0 N–H and O–H groups in total. The van der Waals surface area contributed by atoms with Crippen molar-refractivity contribution in [3.8, 4) is 11.5 Å². The lowest BCUT2D eigenvalue weighted by molar-refractivity contribution is -0.114. The fourth-order valence-corrected chi connectivity index (χ4v) is 2.35. The molecule has 0 aliphatic rings. The fraction of sp³-hybridized carbons (Fsp3) is 0.500. The van der Waals surface area contributed by atoms with Crippen molar-refractivity contribution >= 4 is 5.78 Å². The minimum atomic E-state index is 0.0967. The minimum absolute atomic E-state index is 0.0967. The molecule has 3 heteroatoms. The van der Waals surface area contributed by atoms with Crippen molar-refractivity contribution in [3.05, 3.63) is 36.4 Å². The molecule has 0 aromatic heterocycles. The second-order valence-corrected chi connectivity index (χ2v) is 4.92. The molecular formula is C18H26O3. The van der Waals surface area contributed by atoms with Crippen LogP contribution in [0.1, 0.15) is 51.5 Å². The molecule has 1 aromatic rings. The van der Waals surface area contributed by atoms with Gasteiger partial charge in [0.1, 0.15) is 11.5 Å². The minimum Gasteiger partial charge on any atom is -0.494 e. The summed E-state index contributed by atoms with van der Waals surface area (Å²) in [5.41, 5.74) is 1.17. The van der Waals surface area contributed by atoms with E-state index in [1.165, 1.54) is 11.6 Å². The summed E-state index contributed by atoms with van der Waals surface area (Å²) in [5.74, 6) is 2.08. The van der Waals surface area contributed by atoms with Gasteiger partial charge in [-0.2, -0.15) is 0 Å². The average Bonchev–Trinajstić information content (AvgIpc) is 2.48. The van der Waals surface area contributed by atoms with Crippen LogP contribution in [0.5, 0.6) is 11.5 Å². The van der Waals surface area contributed by atoms with Crippen LogP contribution in [0.2, 0.25) is 0 Å². The molecule has 0 aliphatic carbocycles. The Morgan fingerprint density at radius 2 is 1.71 bits per heavy atom. The van der Waals surface area contributed by atoms with Crippen molar-refractivity contribution in [1.29, 1.82) is 0 Å². The smallest absolute Gasteiger partial charge is 0.155 e. The first-order valence-electron chi connectivity index (χ1n) is 7.70. The molecule has 0 amide bonds. The van der Waals surface area contributed by atoms with Gasteiger partial charge in [-0.3, -0.25) is 4.79 Å². The van der Waals surface area contributed by atoms with Gasteiger partial charge in [0.2, 0.25) is 0 Å². The van der Waals surface area contributed by atoms with E-state index in [9.17, 15) is 4.79 Å². The highest BCUT2D eigenvalue weighted by atomic mass is 16.5. The summed E-state index contributed by atoms with van der Waals surface area (Å²) in [6.45, 7) is 10.8. The number of allylic oxidation sites excluding steroid dienone is 1. The van der Waals surface area contributed by atoms with Crippen molar-refractivity contribution in [1.82, 2.24) is 0 Å². The normalized spacial score (nSPS) is 11.8. The monoisotopic (exact) mass is 290 g/mol. The molecule has 0 saturated heterocycles. The van der Waals surface area contributed by atoms with E-state index in [2.05, 4.69) is 25.6 Å². The van der Waals surface area contributed by atoms with Crippen LogP contribution in [0.3, 0.4) is 0 Å². The maximum atomic E-state index is 11.4. The van der Waals surface area contributed by atoms with Gasteiger partial charge >= 0.3 is 0 Å². The molecule has 21 heavy (non-hydrogen) atoms. The number of carbonyl (C=O) groups excluding carboxylic acids is 1. The molecule has 0 radical (unpaired) electrons. The summed E-state index contributed by atoms with van der Waals surface area (Å²) in [6, 6.07) is 6.02. The van der Waals surface area contributed by atoms with E-state index in [0.717, 1.165) is 24.3 Å². The van der Waals surface area contributed by atoms with E-state index < -0.39 is 0 Å². The average molecular weight is 290 g/mol. The molecule has 0 aliphatic heterocycles. The summed E-state index contributed by atoms with van der Waals surface area (Å²) in [4.78, 5) is 11.4. The zero-order valence-corrected chi connectivity index (χ0v) is 13.4. The molecule has 0 saturated carbocycles. The Labute approximate surface area is 128 Å². The molecule has 116 valence electrons. The third-order valence-corrected chi connectivity index (χ3v) is 3.46.